The van der Waals surface area contributed by atoms with E-state index in [0.717, 1.165) is 18.4 Å². The first-order chi connectivity index (χ1) is 14.4. The molecule has 0 aliphatic heterocycles. The number of rotatable bonds is 7. The van der Waals surface area contributed by atoms with Crippen LogP contribution in [0.4, 0.5) is 5.69 Å². The second-order valence-electron chi connectivity index (χ2n) is 8.38. The summed E-state index contributed by atoms with van der Waals surface area (Å²) in [6.45, 7) is 1.64. The van der Waals surface area contributed by atoms with E-state index in [1.807, 2.05) is 6.92 Å². The molecule has 2 aliphatic rings. The van der Waals surface area contributed by atoms with E-state index in [1.165, 1.54) is 24.3 Å². The van der Waals surface area contributed by atoms with Gasteiger partial charge in [-0.05, 0) is 62.3 Å². The lowest BCUT2D eigenvalue weighted by molar-refractivity contribution is -0.120. The van der Waals surface area contributed by atoms with Crippen LogP contribution < -0.4 is 14.4 Å². The second-order valence-corrected chi connectivity index (χ2v) is 10.2. The van der Waals surface area contributed by atoms with Crippen molar-refractivity contribution in [2.45, 2.75) is 43.5 Å². The summed E-state index contributed by atoms with van der Waals surface area (Å²) in [5, 5.41) is 3.10. The molecule has 1 amide bonds. The first kappa shape index (κ1) is 20.7. The Morgan fingerprint density at radius 1 is 1.13 bits per heavy atom. The van der Waals surface area contributed by atoms with Crippen molar-refractivity contribution in [3.05, 3.63) is 54.1 Å². The molecule has 6 nitrogen and oxygen atoms in total. The highest BCUT2D eigenvalue weighted by Crippen LogP contribution is 2.44. The highest BCUT2D eigenvalue weighted by molar-refractivity contribution is 7.92. The van der Waals surface area contributed by atoms with Crippen molar-refractivity contribution in [1.29, 1.82) is 0 Å². The number of nitrogens with zero attached hydrogens (tertiary/aromatic N) is 1. The summed E-state index contributed by atoms with van der Waals surface area (Å²) < 4.78 is 33.3. The number of nitrogens with one attached hydrogen (secondary N) is 1. The predicted molar refractivity (Wildman–Crippen MR) is 116 cm³/mol. The van der Waals surface area contributed by atoms with Gasteiger partial charge >= 0.3 is 0 Å². The van der Waals surface area contributed by atoms with E-state index in [0.29, 0.717) is 23.3 Å². The van der Waals surface area contributed by atoms with Gasteiger partial charge in [-0.3, -0.25) is 9.10 Å². The summed E-state index contributed by atoms with van der Waals surface area (Å²) >= 11 is 0. The molecular weight excluding hydrogens is 400 g/mol. The highest BCUT2D eigenvalue weighted by atomic mass is 32.2. The number of hydrogen-bond donors (Lipinski definition) is 1. The van der Waals surface area contributed by atoms with E-state index >= 15 is 0 Å². The number of hydrogen-bond acceptors (Lipinski definition) is 4. The highest BCUT2D eigenvalue weighted by Gasteiger charge is 2.40. The molecule has 2 aromatic carbocycles. The van der Waals surface area contributed by atoms with Crippen molar-refractivity contribution in [2.75, 3.05) is 18.0 Å². The normalized spacial score (nSPS) is 22.7. The quantitative estimate of drug-likeness (QED) is 0.732. The molecule has 2 aliphatic carbocycles. The van der Waals surface area contributed by atoms with Crippen molar-refractivity contribution in [3.8, 4) is 5.75 Å². The first-order valence-corrected chi connectivity index (χ1v) is 11.8. The molecule has 1 N–H and O–H groups in total. The van der Waals surface area contributed by atoms with Crippen molar-refractivity contribution in [1.82, 2.24) is 5.32 Å². The minimum absolute atomic E-state index is 0.156. The van der Waals surface area contributed by atoms with E-state index in [9.17, 15) is 13.2 Å². The van der Waals surface area contributed by atoms with E-state index in [1.54, 1.807) is 48.5 Å². The van der Waals surface area contributed by atoms with Crippen LogP contribution in [0.25, 0.3) is 0 Å². The van der Waals surface area contributed by atoms with Gasteiger partial charge in [0.05, 0.1) is 17.7 Å². The summed E-state index contributed by atoms with van der Waals surface area (Å²) in [7, 11) is -2.39. The molecule has 0 aromatic heterocycles. The van der Waals surface area contributed by atoms with Gasteiger partial charge in [0.1, 0.15) is 12.3 Å². The number of benzene rings is 2. The summed E-state index contributed by atoms with van der Waals surface area (Å²) in [5.41, 5.74) is 1.37. The molecule has 0 saturated heterocycles. The maximum Gasteiger partial charge on any atom is 0.264 e. The van der Waals surface area contributed by atoms with Gasteiger partial charge in [0, 0.05) is 12.1 Å². The fraction of sp³-hybridized carbons (Fsp3) is 0.435. The van der Waals surface area contributed by atoms with Gasteiger partial charge in [0.25, 0.3) is 10.0 Å². The Morgan fingerprint density at radius 2 is 1.90 bits per heavy atom. The number of carbonyl (C=O) groups is 1. The molecule has 2 aromatic rings. The van der Waals surface area contributed by atoms with Crippen molar-refractivity contribution in [3.63, 3.8) is 0 Å². The number of carbonyl (C=O) groups excluding carboxylic acids is 1. The summed E-state index contributed by atoms with van der Waals surface area (Å²) in [6, 6.07) is 13.6. The largest absolute Gasteiger partial charge is 0.497 e. The Labute approximate surface area is 178 Å². The number of fused-ring (bicyclic) bond motifs is 2. The zero-order chi connectivity index (χ0) is 21.3. The summed E-state index contributed by atoms with van der Waals surface area (Å²) in [4.78, 5) is 13.1. The Kier molecular flexibility index (Phi) is 5.73. The van der Waals surface area contributed by atoms with E-state index in [2.05, 4.69) is 5.32 Å². The van der Waals surface area contributed by atoms with Crippen LogP contribution in [0.2, 0.25) is 0 Å². The molecule has 30 heavy (non-hydrogen) atoms. The molecule has 2 saturated carbocycles. The molecule has 160 valence electrons. The molecule has 0 unspecified atom stereocenters. The van der Waals surface area contributed by atoms with Crippen LogP contribution in [-0.4, -0.2) is 34.0 Å². The predicted octanol–water partition coefficient (Wildman–Crippen LogP) is 3.50. The van der Waals surface area contributed by atoms with Crippen LogP contribution in [0.1, 0.15) is 31.2 Å². The van der Waals surface area contributed by atoms with Gasteiger partial charge in [-0.1, -0.05) is 30.2 Å². The van der Waals surface area contributed by atoms with E-state index < -0.39 is 10.0 Å². The lowest BCUT2D eigenvalue weighted by Crippen LogP contribution is -2.46. The lowest BCUT2D eigenvalue weighted by atomic mass is 9.95. The van der Waals surface area contributed by atoms with Crippen LogP contribution in [0, 0.1) is 18.8 Å². The van der Waals surface area contributed by atoms with Gasteiger partial charge in [-0.2, -0.15) is 0 Å². The fourth-order valence-electron chi connectivity index (χ4n) is 4.72. The average molecular weight is 429 g/mol. The number of aryl methyl sites for hydroxylation is 1. The van der Waals surface area contributed by atoms with Crippen LogP contribution >= 0.6 is 0 Å². The SMILES string of the molecule is COc1cccc(N(CC(=O)N[C@H]2C[C@H]3CC[C@H]2C3)S(=O)(=O)c2ccc(C)cc2)c1. The molecule has 4 rings (SSSR count). The summed E-state index contributed by atoms with van der Waals surface area (Å²) in [6.07, 6.45) is 4.57. The Morgan fingerprint density at radius 3 is 2.53 bits per heavy atom. The van der Waals surface area contributed by atoms with E-state index in [-0.39, 0.29) is 23.4 Å². The zero-order valence-electron chi connectivity index (χ0n) is 17.4. The van der Waals surface area contributed by atoms with Gasteiger partial charge in [-0.25, -0.2) is 8.42 Å². The number of methoxy groups -OCH3 is 1. The van der Waals surface area contributed by atoms with Gasteiger partial charge in [0.2, 0.25) is 5.91 Å². The molecule has 0 heterocycles. The number of anilines is 1. The third kappa shape index (κ3) is 4.17. The zero-order valence-corrected chi connectivity index (χ0v) is 18.2. The fourth-order valence-corrected chi connectivity index (χ4v) is 6.14. The Bertz CT molecular complexity index is 1020. The van der Waals surface area contributed by atoms with Gasteiger partial charge in [-0.15, -0.1) is 0 Å². The maximum atomic E-state index is 13.4. The average Bonchev–Trinajstić information content (AvgIpc) is 3.35. The monoisotopic (exact) mass is 428 g/mol. The lowest BCUT2D eigenvalue weighted by Gasteiger charge is -2.27. The smallest absolute Gasteiger partial charge is 0.264 e. The van der Waals surface area contributed by atoms with Crippen molar-refractivity contribution < 1.29 is 17.9 Å². The molecule has 0 spiro atoms. The molecular formula is C23H28N2O4S. The Balaban J connectivity index is 1.61. The third-order valence-electron chi connectivity index (χ3n) is 6.32. The van der Waals surface area contributed by atoms with Gasteiger partial charge in [0.15, 0.2) is 0 Å². The maximum absolute atomic E-state index is 13.4. The van der Waals surface area contributed by atoms with E-state index in [4.69, 9.17) is 4.74 Å². The number of ether oxygens (including phenoxy) is 1. The number of sulfonamides is 1. The minimum Gasteiger partial charge on any atom is -0.497 e. The molecule has 2 fully saturated rings. The topological polar surface area (TPSA) is 75.7 Å². The Hall–Kier alpha value is -2.54. The van der Waals surface area contributed by atoms with Crippen molar-refractivity contribution in [2.24, 2.45) is 11.8 Å². The standard InChI is InChI=1S/C23H28N2O4S/c1-16-6-10-21(11-7-16)30(27,28)25(19-4-3-5-20(14-19)29-2)15-23(26)24-22-13-17-8-9-18(22)12-17/h3-7,10-11,14,17-18,22H,8-9,12-13,15H2,1-2H3,(H,24,26)/t17-,18-,22-/m0/s1. The summed E-state index contributed by atoms with van der Waals surface area (Å²) in [5.74, 6) is 1.49. The molecule has 3 atom stereocenters. The molecule has 0 radical (unpaired) electrons. The molecule has 2 bridgehead atoms. The van der Waals surface area contributed by atoms with Gasteiger partial charge < -0.3 is 10.1 Å². The second kappa shape index (κ2) is 8.30. The van der Waals surface area contributed by atoms with Crippen LogP contribution in [0.3, 0.4) is 0 Å². The van der Waals surface area contributed by atoms with Crippen LogP contribution in [0.5, 0.6) is 5.75 Å². The van der Waals surface area contributed by atoms with Crippen LogP contribution in [-0.2, 0) is 14.8 Å². The van der Waals surface area contributed by atoms with Crippen LogP contribution in [0.15, 0.2) is 53.4 Å². The third-order valence-corrected chi connectivity index (χ3v) is 8.11. The minimum atomic E-state index is -3.92. The number of amides is 1. The first-order valence-electron chi connectivity index (χ1n) is 10.4. The molecule has 7 heteroatoms. The van der Waals surface area contributed by atoms with Crippen molar-refractivity contribution >= 4 is 21.6 Å².